The summed E-state index contributed by atoms with van der Waals surface area (Å²) >= 11 is 0. The summed E-state index contributed by atoms with van der Waals surface area (Å²) in [5.74, 6) is 0. The van der Waals surface area contributed by atoms with Gasteiger partial charge in [0.15, 0.2) is 0 Å². The third-order valence-electron chi connectivity index (χ3n) is 2.94. The van der Waals surface area contributed by atoms with Crippen LogP contribution in [0.1, 0.15) is 40.0 Å². The van der Waals surface area contributed by atoms with E-state index in [1.165, 1.54) is 6.08 Å². The largest absolute Gasteiger partial charge is 0.385 e. The maximum Gasteiger partial charge on any atom is 0.293 e. The van der Waals surface area contributed by atoms with Gasteiger partial charge >= 0.3 is 0 Å². The maximum absolute atomic E-state index is 11.8. The van der Waals surface area contributed by atoms with E-state index in [1.807, 2.05) is 6.92 Å². The zero-order valence-corrected chi connectivity index (χ0v) is 11.4. The standard InChI is InChI=1S/C12H20O4S/c1-4-5-8-16-17(14,15)11-7-6-10(2)12(3,13)9-11/h6-7,13H,4-5,8-9H2,1-3H3. The summed E-state index contributed by atoms with van der Waals surface area (Å²) < 4.78 is 28.5. The van der Waals surface area contributed by atoms with Crippen LogP contribution in [-0.4, -0.2) is 25.7 Å². The minimum absolute atomic E-state index is 0.0732. The van der Waals surface area contributed by atoms with Crippen LogP contribution >= 0.6 is 0 Å². The van der Waals surface area contributed by atoms with Crippen molar-refractivity contribution in [3.8, 4) is 0 Å². The Morgan fingerprint density at radius 2 is 2.12 bits per heavy atom. The molecular weight excluding hydrogens is 240 g/mol. The Hall–Kier alpha value is -0.650. The predicted molar refractivity (Wildman–Crippen MR) is 66.9 cm³/mol. The van der Waals surface area contributed by atoms with Gasteiger partial charge in [-0.05, 0) is 31.9 Å². The van der Waals surface area contributed by atoms with Crippen molar-refractivity contribution in [3.05, 3.63) is 22.6 Å². The zero-order valence-electron chi connectivity index (χ0n) is 10.6. The van der Waals surface area contributed by atoms with Gasteiger partial charge in [-0.3, -0.25) is 4.18 Å². The van der Waals surface area contributed by atoms with Crippen LogP contribution in [0.25, 0.3) is 0 Å². The molecule has 0 saturated heterocycles. The summed E-state index contributed by atoms with van der Waals surface area (Å²) in [5.41, 5.74) is -0.351. The molecule has 0 fully saturated rings. The van der Waals surface area contributed by atoms with Crippen LogP contribution in [0.3, 0.4) is 0 Å². The van der Waals surface area contributed by atoms with E-state index in [0.29, 0.717) is 6.42 Å². The SMILES string of the molecule is CCCCOS(=O)(=O)C1=CC=C(C)C(C)(O)C1. The van der Waals surface area contributed by atoms with Gasteiger partial charge in [-0.15, -0.1) is 0 Å². The van der Waals surface area contributed by atoms with E-state index < -0.39 is 15.7 Å². The first-order valence-corrected chi connectivity index (χ1v) is 7.20. The van der Waals surface area contributed by atoms with Crippen molar-refractivity contribution in [2.45, 2.75) is 45.6 Å². The molecule has 1 aliphatic carbocycles. The molecule has 0 aromatic carbocycles. The quantitative estimate of drug-likeness (QED) is 0.607. The van der Waals surface area contributed by atoms with Crippen LogP contribution < -0.4 is 0 Å². The minimum Gasteiger partial charge on any atom is -0.385 e. The molecule has 4 nitrogen and oxygen atoms in total. The van der Waals surface area contributed by atoms with Crippen LogP contribution in [0.4, 0.5) is 0 Å². The Balaban J connectivity index is 2.81. The van der Waals surface area contributed by atoms with Crippen LogP contribution in [0.15, 0.2) is 22.6 Å². The average molecular weight is 260 g/mol. The molecule has 5 heteroatoms. The fourth-order valence-corrected chi connectivity index (χ4v) is 2.68. The summed E-state index contributed by atoms with van der Waals surface area (Å²) in [4.78, 5) is 0.143. The Morgan fingerprint density at radius 3 is 2.65 bits per heavy atom. The van der Waals surface area contributed by atoms with Crippen LogP contribution in [0.2, 0.25) is 0 Å². The number of aliphatic hydroxyl groups is 1. The van der Waals surface area contributed by atoms with E-state index in [2.05, 4.69) is 0 Å². The third-order valence-corrected chi connectivity index (χ3v) is 4.34. The van der Waals surface area contributed by atoms with Crippen molar-refractivity contribution >= 4 is 10.1 Å². The van der Waals surface area contributed by atoms with Crippen molar-refractivity contribution in [1.82, 2.24) is 0 Å². The van der Waals surface area contributed by atoms with E-state index in [4.69, 9.17) is 4.18 Å². The first kappa shape index (κ1) is 14.4. The highest BCUT2D eigenvalue weighted by Gasteiger charge is 2.32. The van der Waals surface area contributed by atoms with Gasteiger partial charge in [0.1, 0.15) is 0 Å². The van der Waals surface area contributed by atoms with Gasteiger partial charge in [0.25, 0.3) is 10.1 Å². The third kappa shape index (κ3) is 3.66. The van der Waals surface area contributed by atoms with Crippen LogP contribution in [0.5, 0.6) is 0 Å². The summed E-state index contributed by atoms with van der Waals surface area (Å²) in [7, 11) is -3.69. The zero-order chi connectivity index (χ0) is 13.1. The molecule has 1 N–H and O–H groups in total. The summed E-state index contributed by atoms with van der Waals surface area (Å²) in [5, 5.41) is 10.0. The van der Waals surface area contributed by atoms with Crippen molar-refractivity contribution in [3.63, 3.8) is 0 Å². The van der Waals surface area contributed by atoms with E-state index in [-0.39, 0.29) is 17.9 Å². The predicted octanol–water partition coefficient (Wildman–Crippen LogP) is 2.12. The second-order valence-electron chi connectivity index (χ2n) is 4.56. The maximum atomic E-state index is 11.8. The van der Waals surface area contributed by atoms with Crippen molar-refractivity contribution < 1.29 is 17.7 Å². The Morgan fingerprint density at radius 1 is 1.47 bits per heavy atom. The first-order chi connectivity index (χ1) is 7.79. The number of hydrogen-bond donors (Lipinski definition) is 1. The van der Waals surface area contributed by atoms with E-state index in [1.54, 1.807) is 19.9 Å². The fourth-order valence-electron chi connectivity index (χ4n) is 1.50. The van der Waals surface area contributed by atoms with Gasteiger partial charge in [0.05, 0.1) is 17.1 Å². The van der Waals surface area contributed by atoms with Gasteiger partial charge in [-0.1, -0.05) is 19.4 Å². The molecule has 0 aromatic heterocycles. The molecule has 0 saturated carbocycles. The molecule has 0 bridgehead atoms. The van der Waals surface area contributed by atoms with Crippen molar-refractivity contribution in [2.75, 3.05) is 6.61 Å². The molecule has 0 aliphatic heterocycles. The van der Waals surface area contributed by atoms with E-state index >= 15 is 0 Å². The number of rotatable bonds is 5. The number of allylic oxidation sites excluding steroid dienone is 2. The highest BCUT2D eigenvalue weighted by molar-refractivity contribution is 7.90. The number of unbranched alkanes of at least 4 members (excludes halogenated alkanes) is 1. The molecule has 1 rings (SSSR count). The second-order valence-corrected chi connectivity index (χ2v) is 6.23. The van der Waals surface area contributed by atoms with Crippen molar-refractivity contribution in [1.29, 1.82) is 0 Å². The molecule has 0 heterocycles. The normalized spacial score (nSPS) is 25.4. The van der Waals surface area contributed by atoms with Gasteiger partial charge < -0.3 is 5.11 Å². The highest BCUT2D eigenvalue weighted by atomic mass is 32.2. The van der Waals surface area contributed by atoms with E-state index in [9.17, 15) is 13.5 Å². The molecule has 1 unspecified atom stereocenters. The summed E-state index contributed by atoms with van der Waals surface area (Å²) in [6.07, 6.45) is 4.79. The molecule has 0 radical (unpaired) electrons. The molecule has 0 aromatic rings. The lowest BCUT2D eigenvalue weighted by Gasteiger charge is -2.28. The lowest BCUT2D eigenvalue weighted by atomic mass is 9.90. The number of hydrogen-bond acceptors (Lipinski definition) is 4. The summed E-state index contributed by atoms with van der Waals surface area (Å²) in [6, 6.07) is 0. The lowest BCUT2D eigenvalue weighted by molar-refractivity contribution is 0.0987. The topological polar surface area (TPSA) is 63.6 Å². The van der Waals surface area contributed by atoms with Crippen molar-refractivity contribution in [2.24, 2.45) is 0 Å². The molecule has 17 heavy (non-hydrogen) atoms. The molecule has 0 spiro atoms. The van der Waals surface area contributed by atoms with Gasteiger partial charge in [-0.25, -0.2) is 0 Å². The highest BCUT2D eigenvalue weighted by Crippen LogP contribution is 2.31. The second kappa shape index (κ2) is 5.33. The smallest absolute Gasteiger partial charge is 0.293 e. The summed E-state index contributed by atoms with van der Waals surface area (Å²) in [6.45, 7) is 5.54. The molecule has 0 amide bonds. The molecule has 1 atom stereocenters. The van der Waals surface area contributed by atoms with Gasteiger partial charge in [-0.2, -0.15) is 8.42 Å². The first-order valence-electron chi connectivity index (χ1n) is 5.79. The lowest BCUT2D eigenvalue weighted by Crippen LogP contribution is -2.30. The fraction of sp³-hybridized carbons (Fsp3) is 0.667. The van der Waals surface area contributed by atoms with E-state index in [0.717, 1.165) is 12.0 Å². The Bertz CT molecular complexity index is 429. The Kier molecular flexibility index (Phi) is 4.52. The molecule has 1 aliphatic rings. The van der Waals surface area contributed by atoms with Gasteiger partial charge in [0.2, 0.25) is 0 Å². The van der Waals surface area contributed by atoms with Crippen LogP contribution in [-0.2, 0) is 14.3 Å². The van der Waals surface area contributed by atoms with Crippen LogP contribution in [0, 0.1) is 0 Å². The molecule has 98 valence electrons. The molecular formula is C12H20O4S. The minimum atomic E-state index is -3.69. The average Bonchev–Trinajstić information content (AvgIpc) is 2.22. The monoisotopic (exact) mass is 260 g/mol. The Labute approximate surface area is 103 Å². The van der Waals surface area contributed by atoms with Gasteiger partial charge in [0, 0.05) is 6.42 Å².